The van der Waals surface area contributed by atoms with Crippen molar-refractivity contribution in [2.75, 3.05) is 27.2 Å². The Bertz CT molecular complexity index is 710. The Morgan fingerprint density at radius 3 is 2.52 bits per heavy atom. The molecule has 1 heterocycles. The van der Waals surface area contributed by atoms with Gasteiger partial charge in [0.05, 0.1) is 6.54 Å². The maximum absolute atomic E-state index is 11.8. The summed E-state index contributed by atoms with van der Waals surface area (Å²) in [5.41, 5.74) is 0.512. The van der Waals surface area contributed by atoms with Crippen molar-refractivity contribution in [3.05, 3.63) is 36.1 Å². The van der Waals surface area contributed by atoms with Crippen molar-refractivity contribution in [3.8, 4) is 0 Å². The Hall–Kier alpha value is -2.50. The Balaban J connectivity index is 1.84. The number of carbonyl (C=O) groups excluding carboxylic acids is 1. The van der Waals surface area contributed by atoms with Crippen molar-refractivity contribution in [1.29, 1.82) is 0 Å². The molecule has 2 N–H and O–H groups in total. The molecule has 0 atom stereocenters. The number of benzene rings is 1. The second-order valence-electron chi connectivity index (χ2n) is 7.09. The first-order valence-electron chi connectivity index (χ1n) is 8.49. The smallest absolute Gasteiger partial charge is 0.225 e. The van der Waals surface area contributed by atoms with Crippen molar-refractivity contribution in [2.24, 2.45) is 10.4 Å². The second-order valence-corrected chi connectivity index (χ2v) is 7.09. The molecule has 2 rings (SSSR count). The van der Waals surface area contributed by atoms with Crippen LogP contribution in [0.15, 0.2) is 39.7 Å². The average molecular weight is 344 g/mol. The van der Waals surface area contributed by atoms with Crippen LogP contribution in [0.2, 0.25) is 0 Å². The van der Waals surface area contributed by atoms with Crippen molar-refractivity contribution >= 4 is 22.8 Å². The molecule has 0 aliphatic rings. The van der Waals surface area contributed by atoms with E-state index in [2.05, 4.69) is 15.6 Å². The molecule has 0 spiro atoms. The highest BCUT2D eigenvalue weighted by Crippen LogP contribution is 2.19. The predicted octanol–water partition coefficient (Wildman–Crippen LogP) is 2.60. The lowest BCUT2D eigenvalue weighted by Gasteiger charge is -2.22. The van der Waals surface area contributed by atoms with Crippen LogP contribution < -0.4 is 10.6 Å². The van der Waals surface area contributed by atoms with Gasteiger partial charge < -0.3 is 20.0 Å². The highest BCUT2D eigenvalue weighted by Gasteiger charge is 2.20. The molecule has 0 aliphatic carbocycles. The van der Waals surface area contributed by atoms with Gasteiger partial charge in [0.2, 0.25) is 5.91 Å². The average Bonchev–Trinajstić information content (AvgIpc) is 2.95. The molecule has 0 saturated heterocycles. The van der Waals surface area contributed by atoms with E-state index in [9.17, 15) is 4.79 Å². The van der Waals surface area contributed by atoms with Gasteiger partial charge in [0.1, 0.15) is 11.3 Å². The number of amides is 1. The number of nitrogens with one attached hydrogen (secondary N) is 2. The van der Waals surface area contributed by atoms with Crippen LogP contribution in [0.1, 0.15) is 26.5 Å². The molecule has 0 bridgehead atoms. The Morgan fingerprint density at radius 1 is 1.20 bits per heavy atom. The van der Waals surface area contributed by atoms with E-state index in [-0.39, 0.29) is 11.3 Å². The summed E-state index contributed by atoms with van der Waals surface area (Å²) in [6, 6.07) is 10.0. The van der Waals surface area contributed by atoms with Gasteiger partial charge in [-0.25, -0.2) is 0 Å². The molecule has 0 fully saturated rings. The van der Waals surface area contributed by atoms with E-state index in [1.165, 1.54) is 0 Å². The Kier molecular flexibility index (Phi) is 6.07. The summed E-state index contributed by atoms with van der Waals surface area (Å²) in [4.78, 5) is 18.1. The molecule has 0 saturated carbocycles. The molecule has 1 aromatic carbocycles. The minimum Gasteiger partial charge on any atom is -0.459 e. The largest absolute Gasteiger partial charge is 0.459 e. The fourth-order valence-electron chi connectivity index (χ4n) is 2.42. The second kappa shape index (κ2) is 8.05. The Labute approximate surface area is 149 Å². The van der Waals surface area contributed by atoms with E-state index >= 15 is 0 Å². The normalized spacial score (nSPS) is 12.3. The number of hydrogen-bond donors (Lipinski definition) is 2. The maximum Gasteiger partial charge on any atom is 0.225 e. The lowest BCUT2D eigenvalue weighted by atomic mass is 9.96. The maximum atomic E-state index is 11.8. The van der Waals surface area contributed by atoms with E-state index in [1.54, 1.807) is 7.05 Å². The van der Waals surface area contributed by atoms with Crippen LogP contribution in [0.4, 0.5) is 0 Å². The van der Waals surface area contributed by atoms with Crippen molar-refractivity contribution in [3.63, 3.8) is 0 Å². The predicted molar refractivity (Wildman–Crippen MR) is 102 cm³/mol. The lowest BCUT2D eigenvalue weighted by molar-refractivity contribution is -0.128. The minimum absolute atomic E-state index is 0.0416. The number of aliphatic imine (C=N–C) groups is 1. The standard InChI is InChI=1S/C19H28N4O2/c1-19(2,3)17(24)21-10-11-22-18(20-4)23(5)13-15-12-14-8-6-7-9-16(14)25-15/h6-9,12H,10-11,13H2,1-5H3,(H,20,22)(H,21,24). The van der Waals surface area contributed by atoms with Crippen molar-refractivity contribution < 1.29 is 9.21 Å². The van der Waals surface area contributed by atoms with Crippen LogP contribution in [0.25, 0.3) is 11.0 Å². The third kappa shape index (κ3) is 5.24. The molecule has 2 aromatic rings. The monoisotopic (exact) mass is 344 g/mol. The molecule has 0 radical (unpaired) electrons. The summed E-state index contributed by atoms with van der Waals surface area (Å²) < 4.78 is 5.85. The van der Waals surface area contributed by atoms with Crippen LogP contribution in [-0.2, 0) is 11.3 Å². The van der Waals surface area contributed by atoms with Crippen molar-refractivity contribution in [2.45, 2.75) is 27.3 Å². The highest BCUT2D eigenvalue weighted by molar-refractivity contribution is 5.82. The number of nitrogens with zero attached hydrogens (tertiary/aromatic N) is 2. The van der Waals surface area contributed by atoms with Gasteiger partial charge in [-0.1, -0.05) is 39.0 Å². The van der Waals surface area contributed by atoms with Crippen LogP contribution in [0, 0.1) is 5.41 Å². The molecule has 1 aromatic heterocycles. The molecular weight excluding hydrogens is 316 g/mol. The summed E-state index contributed by atoms with van der Waals surface area (Å²) in [7, 11) is 3.70. The van der Waals surface area contributed by atoms with Gasteiger partial charge in [-0.2, -0.15) is 0 Å². The zero-order valence-corrected chi connectivity index (χ0v) is 15.7. The molecule has 0 unspecified atom stereocenters. The van der Waals surface area contributed by atoms with E-state index in [0.717, 1.165) is 22.7 Å². The van der Waals surface area contributed by atoms with E-state index in [1.807, 2.05) is 63.1 Å². The summed E-state index contributed by atoms with van der Waals surface area (Å²) in [6.07, 6.45) is 0. The van der Waals surface area contributed by atoms with Crippen LogP contribution in [-0.4, -0.2) is 44.0 Å². The summed E-state index contributed by atoms with van der Waals surface area (Å²) >= 11 is 0. The number of hydrogen-bond acceptors (Lipinski definition) is 3. The van der Waals surface area contributed by atoms with Gasteiger partial charge in [0.25, 0.3) is 0 Å². The Morgan fingerprint density at radius 2 is 1.88 bits per heavy atom. The number of fused-ring (bicyclic) bond motifs is 1. The first kappa shape index (κ1) is 18.8. The summed E-state index contributed by atoms with van der Waals surface area (Å²) in [5.74, 6) is 1.68. The molecular formula is C19H28N4O2. The fourth-order valence-corrected chi connectivity index (χ4v) is 2.42. The van der Waals surface area contributed by atoms with Gasteiger partial charge >= 0.3 is 0 Å². The van der Waals surface area contributed by atoms with Gasteiger partial charge in [-0.3, -0.25) is 9.79 Å². The lowest BCUT2D eigenvalue weighted by Crippen LogP contribution is -2.43. The number of carbonyl (C=O) groups is 1. The molecule has 6 nitrogen and oxygen atoms in total. The van der Waals surface area contributed by atoms with Gasteiger partial charge in [0, 0.05) is 38.0 Å². The fraction of sp³-hybridized carbons (Fsp3) is 0.474. The highest BCUT2D eigenvalue weighted by atomic mass is 16.3. The van der Waals surface area contributed by atoms with E-state index in [0.29, 0.717) is 19.6 Å². The van der Waals surface area contributed by atoms with E-state index in [4.69, 9.17) is 4.42 Å². The third-order valence-corrected chi connectivity index (χ3v) is 3.82. The molecule has 6 heteroatoms. The summed E-state index contributed by atoms with van der Waals surface area (Å²) in [6.45, 7) is 7.47. The molecule has 25 heavy (non-hydrogen) atoms. The first-order valence-corrected chi connectivity index (χ1v) is 8.49. The van der Waals surface area contributed by atoms with Crippen LogP contribution in [0.5, 0.6) is 0 Å². The topological polar surface area (TPSA) is 69.9 Å². The van der Waals surface area contributed by atoms with Crippen molar-refractivity contribution in [1.82, 2.24) is 15.5 Å². The van der Waals surface area contributed by atoms with E-state index < -0.39 is 0 Å². The number of para-hydroxylation sites is 1. The number of guanidine groups is 1. The number of furan rings is 1. The molecule has 1 amide bonds. The van der Waals surface area contributed by atoms with Gasteiger partial charge in [0.15, 0.2) is 5.96 Å². The number of rotatable bonds is 5. The zero-order chi connectivity index (χ0) is 18.4. The quantitative estimate of drug-likeness (QED) is 0.497. The molecule has 136 valence electrons. The SMILES string of the molecule is CN=C(NCCNC(=O)C(C)(C)C)N(C)Cc1cc2ccccc2o1. The zero-order valence-electron chi connectivity index (χ0n) is 15.7. The summed E-state index contributed by atoms with van der Waals surface area (Å²) in [5, 5.41) is 7.26. The van der Waals surface area contributed by atoms with Crippen LogP contribution in [0.3, 0.4) is 0 Å². The molecule has 0 aliphatic heterocycles. The third-order valence-electron chi connectivity index (χ3n) is 3.82. The van der Waals surface area contributed by atoms with Gasteiger partial charge in [-0.05, 0) is 12.1 Å². The minimum atomic E-state index is -0.375. The van der Waals surface area contributed by atoms with Crippen LogP contribution >= 0.6 is 0 Å². The first-order chi connectivity index (χ1) is 11.8. The van der Waals surface area contributed by atoms with Gasteiger partial charge in [-0.15, -0.1) is 0 Å².